The van der Waals surface area contributed by atoms with Gasteiger partial charge in [0.1, 0.15) is 5.75 Å². The molecule has 0 fully saturated rings. The van der Waals surface area contributed by atoms with Crippen LogP contribution in [0.3, 0.4) is 0 Å². The second-order valence-corrected chi connectivity index (χ2v) is 7.43. The van der Waals surface area contributed by atoms with Crippen LogP contribution in [0.15, 0.2) is 90.0 Å². The highest BCUT2D eigenvalue weighted by Crippen LogP contribution is 2.24. The van der Waals surface area contributed by atoms with Crippen molar-refractivity contribution in [1.82, 2.24) is 10.1 Å². The van der Waals surface area contributed by atoms with Gasteiger partial charge in [-0.25, -0.2) is 0 Å². The van der Waals surface area contributed by atoms with Gasteiger partial charge >= 0.3 is 0 Å². The zero-order valence-electron chi connectivity index (χ0n) is 18.4. The second kappa shape index (κ2) is 11.6. The number of hydrogen-bond acceptors (Lipinski definition) is 5. The van der Waals surface area contributed by atoms with Gasteiger partial charge in [-0.1, -0.05) is 35.0 Å². The largest absolute Gasteiger partial charge is 0.497 e. The Balaban J connectivity index is 0.000000968. The lowest BCUT2D eigenvalue weighted by Crippen LogP contribution is -2.14. The fourth-order valence-corrected chi connectivity index (χ4v) is 3.01. The van der Waals surface area contributed by atoms with Crippen molar-refractivity contribution in [3.05, 3.63) is 96.0 Å². The van der Waals surface area contributed by atoms with Crippen molar-refractivity contribution in [2.45, 2.75) is 13.3 Å². The third-order valence-corrected chi connectivity index (χ3v) is 4.72. The van der Waals surface area contributed by atoms with Crippen LogP contribution in [0.4, 0.5) is 5.69 Å². The van der Waals surface area contributed by atoms with Crippen molar-refractivity contribution in [3.8, 4) is 28.6 Å². The van der Waals surface area contributed by atoms with E-state index in [-0.39, 0.29) is 12.3 Å². The molecule has 0 spiro atoms. The summed E-state index contributed by atoms with van der Waals surface area (Å²) in [4.78, 5) is 16.7. The maximum atomic E-state index is 12.3. The van der Waals surface area contributed by atoms with E-state index >= 15 is 0 Å². The number of methoxy groups -OCH3 is 1. The zero-order valence-corrected chi connectivity index (χ0v) is 19.2. The summed E-state index contributed by atoms with van der Waals surface area (Å²) in [5.74, 6) is 1.54. The normalized spacial score (nSPS) is 10.0. The summed E-state index contributed by atoms with van der Waals surface area (Å²) in [5, 5.41) is 7.56. The standard InChI is InChI=1S/C23H18ClN3O3.C3H6/c1-29-20-12-2-15(3-13-20)14-21(28)25-19-10-6-16(7-11-19)22-26-23(30-27-22)17-4-8-18(24)9-5-17;1-3-2/h2-13H,14H2,1H3,(H,25,28);3H,1H2,2H3. The van der Waals surface area contributed by atoms with Gasteiger partial charge in [-0.3, -0.25) is 4.79 Å². The highest BCUT2D eigenvalue weighted by atomic mass is 35.5. The van der Waals surface area contributed by atoms with Crippen molar-refractivity contribution in [1.29, 1.82) is 0 Å². The highest BCUT2D eigenvalue weighted by molar-refractivity contribution is 6.30. The molecule has 0 bridgehead atoms. The fraction of sp³-hybridized carbons (Fsp3) is 0.115. The number of nitrogens with zero attached hydrogens (tertiary/aromatic N) is 2. The van der Waals surface area contributed by atoms with Crippen LogP contribution < -0.4 is 10.1 Å². The molecule has 7 heteroatoms. The van der Waals surface area contributed by atoms with E-state index in [4.69, 9.17) is 20.9 Å². The number of carbonyl (C=O) groups excluding carboxylic acids is 1. The zero-order chi connectivity index (χ0) is 23.6. The molecule has 0 aliphatic heterocycles. The first-order valence-electron chi connectivity index (χ1n) is 10.2. The van der Waals surface area contributed by atoms with Crippen LogP contribution in [0.1, 0.15) is 12.5 Å². The molecular formula is C26H24ClN3O3. The number of benzene rings is 3. The fourth-order valence-electron chi connectivity index (χ4n) is 2.89. The minimum Gasteiger partial charge on any atom is -0.497 e. The molecule has 1 heterocycles. The first-order chi connectivity index (χ1) is 16.0. The molecule has 1 N–H and O–H groups in total. The van der Waals surface area contributed by atoms with Gasteiger partial charge in [0.25, 0.3) is 5.89 Å². The van der Waals surface area contributed by atoms with E-state index in [1.165, 1.54) is 0 Å². The van der Waals surface area contributed by atoms with E-state index in [1.807, 2.05) is 55.5 Å². The van der Waals surface area contributed by atoms with Crippen LogP contribution in [-0.2, 0) is 11.2 Å². The maximum absolute atomic E-state index is 12.3. The molecule has 1 amide bonds. The first-order valence-corrected chi connectivity index (χ1v) is 10.6. The number of anilines is 1. The minimum atomic E-state index is -0.0995. The van der Waals surface area contributed by atoms with Crippen molar-refractivity contribution in [2.75, 3.05) is 12.4 Å². The van der Waals surface area contributed by atoms with Crippen LogP contribution in [0, 0.1) is 0 Å². The van der Waals surface area contributed by atoms with Gasteiger partial charge in [-0.2, -0.15) is 4.98 Å². The molecular weight excluding hydrogens is 438 g/mol. The summed E-state index contributed by atoms with van der Waals surface area (Å²) in [7, 11) is 1.61. The van der Waals surface area contributed by atoms with Gasteiger partial charge in [-0.15, -0.1) is 6.58 Å². The average molecular weight is 462 g/mol. The van der Waals surface area contributed by atoms with Gasteiger partial charge in [0.15, 0.2) is 0 Å². The number of nitrogens with one attached hydrogen (secondary N) is 1. The molecule has 0 aliphatic rings. The Hall–Kier alpha value is -3.90. The SMILES string of the molecule is C=CC.COc1ccc(CC(=O)Nc2ccc(-c3noc(-c4ccc(Cl)cc4)n3)cc2)cc1. The number of rotatable bonds is 6. The lowest BCUT2D eigenvalue weighted by Gasteiger charge is -2.06. The highest BCUT2D eigenvalue weighted by Gasteiger charge is 2.11. The van der Waals surface area contributed by atoms with E-state index in [0.29, 0.717) is 22.4 Å². The molecule has 6 nitrogen and oxygen atoms in total. The van der Waals surface area contributed by atoms with Gasteiger partial charge in [0.2, 0.25) is 11.7 Å². The van der Waals surface area contributed by atoms with E-state index in [1.54, 1.807) is 37.5 Å². The third-order valence-electron chi connectivity index (χ3n) is 4.47. The Morgan fingerprint density at radius 3 is 2.24 bits per heavy atom. The molecule has 0 atom stereocenters. The van der Waals surface area contributed by atoms with E-state index in [2.05, 4.69) is 22.0 Å². The quantitative estimate of drug-likeness (QED) is 0.334. The van der Waals surface area contributed by atoms with Gasteiger partial charge in [0.05, 0.1) is 13.5 Å². The lowest BCUT2D eigenvalue weighted by atomic mass is 10.1. The van der Waals surface area contributed by atoms with Crippen LogP contribution in [-0.4, -0.2) is 23.2 Å². The van der Waals surface area contributed by atoms with Crippen LogP contribution in [0.5, 0.6) is 5.75 Å². The topological polar surface area (TPSA) is 77.2 Å². The van der Waals surface area contributed by atoms with Crippen molar-refractivity contribution >= 4 is 23.2 Å². The number of carbonyl (C=O) groups is 1. The molecule has 0 saturated heterocycles. The number of halogens is 1. The summed E-state index contributed by atoms with van der Waals surface area (Å²) in [6.45, 7) is 5.25. The number of allylic oxidation sites excluding steroid dienone is 1. The Morgan fingerprint density at radius 1 is 1.03 bits per heavy atom. The summed E-state index contributed by atoms with van der Waals surface area (Å²) in [6, 6.07) is 21.9. The number of ether oxygens (including phenoxy) is 1. The van der Waals surface area contributed by atoms with Gasteiger partial charge < -0.3 is 14.6 Å². The van der Waals surface area contributed by atoms with Crippen LogP contribution in [0.25, 0.3) is 22.8 Å². The molecule has 0 radical (unpaired) electrons. The monoisotopic (exact) mass is 461 g/mol. The predicted octanol–water partition coefficient (Wildman–Crippen LogP) is 6.44. The van der Waals surface area contributed by atoms with Crippen molar-refractivity contribution in [3.63, 3.8) is 0 Å². The van der Waals surface area contributed by atoms with E-state index in [9.17, 15) is 4.79 Å². The smallest absolute Gasteiger partial charge is 0.258 e. The molecule has 4 rings (SSSR count). The molecule has 0 aliphatic carbocycles. The Labute approximate surface area is 197 Å². The maximum Gasteiger partial charge on any atom is 0.258 e. The summed E-state index contributed by atoms with van der Waals surface area (Å²) < 4.78 is 10.5. The van der Waals surface area contributed by atoms with Crippen LogP contribution >= 0.6 is 11.6 Å². The summed E-state index contributed by atoms with van der Waals surface area (Å²) in [6.07, 6.45) is 2.03. The molecule has 4 aromatic rings. The molecule has 1 aromatic heterocycles. The summed E-state index contributed by atoms with van der Waals surface area (Å²) in [5.41, 5.74) is 3.18. The van der Waals surface area contributed by atoms with Crippen molar-refractivity contribution in [2.24, 2.45) is 0 Å². The van der Waals surface area contributed by atoms with Gasteiger partial charge in [-0.05, 0) is 73.2 Å². The van der Waals surface area contributed by atoms with E-state index < -0.39 is 0 Å². The minimum absolute atomic E-state index is 0.0995. The van der Waals surface area contributed by atoms with Crippen LogP contribution in [0.2, 0.25) is 5.02 Å². The predicted molar refractivity (Wildman–Crippen MR) is 131 cm³/mol. The first kappa shape index (κ1) is 23.8. The summed E-state index contributed by atoms with van der Waals surface area (Å²) >= 11 is 5.91. The third kappa shape index (κ3) is 6.79. The molecule has 0 unspecified atom stereocenters. The molecule has 33 heavy (non-hydrogen) atoms. The molecule has 168 valence electrons. The second-order valence-electron chi connectivity index (χ2n) is 6.99. The Kier molecular flexibility index (Phi) is 8.38. The Morgan fingerprint density at radius 2 is 1.64 bits per heavy atom. The molecule has 0 saturated carbocycles. The number of amides is 1. The average Bonchev–Trinajstić information content (AvgIpc) is 3.31. The number of aromatic nitrogens is 2. The lowest BCUT2D eigenvalue weighted by molar-refractivity contribution is -0.115. The molecule has 3 aromatic carbocycles. The van der Waals surface area contributed by atoms with Gasteiger partial charge in [0, 0.05) is 21.8 Å². The van der Waals surface area contributed by atoms with Crippen molar-refractivity contribution < 1.29 is 14.1 Å². The van der Waals surface area contributed by atoms with E-state index in [0.717, 1.165) is 22.4 Å². The Bertz CT molecular complexity index is 1180. The number of hydrogen-bond donors (Lipinski definition) is 1.